The summed E-state index contributed by atoms with van der Waals surface area (Å²) in [6.45, 7) is 6.25. The molecule has 4 heteroatoms. The smallest absolute Gasteiger partial charge is 0.105 e. The van der Waals surface area contributed by atoms with Crippen LogP contribution in [-0.2, 0) is 6.54 Å². The van der Waals surface area contributed by atoms with Crippen LogP contribution in [0.2, 0.25) is 0 Å². The Labute approximate surface area is 91.3 Å². The van der Waals surface area contributed by atoms with Crippen LogP contribution in [0.1, 0.15) is 25.6 Å². The topological polar surface area (TPSA) is 50.1 Å². The first kappa shape index (κ1) is 12.2. The van der Waals surface area contributed by atoms with Crippen molar-refractivity contribution in [2.45, 2.75) is 39.3 Å². The van der Waals surface area contributed by atoms with E-state index in [0.29, 0.717) is 6.04 Å². The van der Waals surface area contributed by atoms with Crippen LogP contribution in [0.5, 0.6) is 0 Å². The minimum absolute atomic E-state index is 0.231. The van der Waals surface area contributed by atoms with Gasteiger partial charge in [0.05, 0.1) is 0 Å². The molecule has 1 aromatic heterocycles. The minimum Gasteiger partial charge on any atom is -0.396 e. The Morgan fingerprint density at radius 3 is 2.93 bits per heavy atom. The number of nitrogens with one attached hydrogen (secondary N) is 1. The Balaban J connectivity index is 2.46. The molecule has 0 amide bonds. The molecule has 15 heavy (non-hydrogen) atoms. The number of aliphatic hydroxyl groups excluding tert-OH is 1. The quantitative estimate of drug-likeness (QED) is 0.706. The molecule has 1 heterocycles. The second-order valence-corrected chi connectivity index (χ2v) is 3.79. The van der Waals surface area contributed by atoms with Crippen LogP contribution < -0.4 is 5.32 Å². The van der Waals surface area contributed by atoms with Crippen molar-refractivity contribution in [2.75, 3.05) is 13.2 Å². The average Bonchev–Trinajstić information content (AvgIpc) is 2.61. The van der Waals surface area contributed by atoms with Crippen LogP contribution in [0.25, 0.3) is 0 Å². The minimum atomic E-state index is 0.231. The maximum absolute atomic E-state index is 8.97. The summed E-state index contributed by atoms with van der Waals surface area (Å²) in [6.07, 6.45) is 5.70. The molecule has 0 saturated carbocycles. The Kier molecular flexibility index (Phi) is 5.36. The fraction of sp³-hybridized carbons (Fsp3) is 0.727. The largest absolute Gasteiger partial charge is 0.396 e. The molecule has 0 fully saturated rings. The van der Waals surface area contributed by atoms with E-state index >= 15 is 0 Å². The second kappa shape index (κ2) is 6.58. The maximum Gasteiger partial charge on any atom is 0.105 e. The Morgan fingerprint density at radius 1 is 1.60 bits per heavy atom. The number of nitrogens with zero attached hydrogens (tertiary/aromatic N) is 2. The first-order valence-corrected chi connectivity index (χ1v) is 5.60. The fourth-order valence-electron chi connectivity index (χ4n) is 1.60. The third kappa shape index (κ3) is 4.01. The molecule has 1 aromatic rings. The van der Waals surface area contributed by atoms with Gasteiger partial charge in [-0.1, -0.05) is 6.92 Å². The van der Waals surface area contributed by atoms with Crippen LogP contribution in [0.3, 0.4) is 0 Å². The van der Waals surface area contributed by atoms with Crippen molar-refractivity contribution in [1.29, 1.82) is 0 Å². The third-order valence-electron chi connectivity index (χ3n) is 2.50. The molecule has 2 N–H and O–H groups in total. The van der Waals surface area contributed by atoms with Gasteiger partial charge in [0.2, 0.25) is 0 Å². The molecule has 0 aliphatic carbocycles. The standard InChI is InChI=1S/C11H21N3O/c1-3-5-13-11(4-8-15)9-14-7-6-12-10(14)2/h6-7,11,13,15H,3-5,8-9H2,1-2H3. The van der Waals surface area contributed by atoms with E-state index in [4.69, 9.17) is 5.11 Å². The van der Waals surface area contributed by atoms with Gasteiger partial charge in [-0.05, 0) is 26.3 Å². The normalized spacial score (nSPS) is 13.0. The molecular formula is C11H21N3O. The predicted molar refractivity (Wildman–Crippen MR) is 60.7 cm³/mol. The highest BCUT2D eigenvalue weighted by Gasteiger charge is 2.08. The second-order valence-electron chi connectivity index (χ2n) is 3.79. The summed E-state index contributed by atoms with van der Waals surface area (Å²) in [5.41, 5.74) is 0. The van der Waals surface area contributed by atoms with E-state index in [0.717, 1.165) is 31.8 Å². The number of hydrogen-bond acceptors (Lipinski definition) is 3. The van der Waals surface area contributed by atoms with Crippen LogP contribution in [-0.4, -0.2) is 33.9 Å². The molecule has 1 unspecified atom stereocenters. The van der Waals surface area contributed by atoms with E-state index in [2.05, 4.69) is 21.8 Å². The van der Waals surface area contributed by atoms with Gasteiger partial charge in [0.1, 0.15) is 5.82 Å². The SMILES string of the molecule is CCCNC(CCO)Cn1ccnc1C. The van der Waals surface area contributed by atoms with Gasteiger partial charge in [-0.25, -0.2) is 4.98 Å². The van der Waals surface area contributed by atoms with E-state index in [1.165, 1.54) is 0 Å². The molecule has 1 rings (SSSR count). The van der Waals surface area contributed by atoms with E-state index < -0.39 is 0 Å². The highest BCUT2D eigenvalue weighted by Crippen LogP contribution is 2.01. The third-order valence-corrected chi connectivity index (χ3v) is 2.50. The summed E-state index contributed by atoms with van der Waals surface area (Å²) >= 11 is 0. The molecule has 4 nitrogen and oxygen atoms in total. The van der Waals surface area contributed by atoms with Crippen LogP contribution >= 0.6 is 0 Å². The lowest BCUT2D eigenvalue weighted by atomic mass is 10.2. The van der Waals surface area contributed by atoms with Crippen molar-refractivity contribution in [3.05, 3.63) is 18.2 Å². The average molecular weight is 211 g/mol. The molecule has 0 radical (unpaired) electrons. The summed E-state index contributed by atoms with van der Waals surface area (Å²) in [5.74, 6) is 1.02. The van der Waals surface area contributed by atoms with E-state index in [9.17, 15) is 0 Å². The predicted octanol–water partition coefficient (Wildman–Crippen LogP) is 0.942. The number of aliphatic hydroxyl groups is 1. The molecule has 1 atom stereocenters. The van der Waals surface area contributed by atoms with Crippen molar-refractivity contribution in [1.82, 2.24) is 14.9 Å². The van der Waals surface area contributed by atoms with E-state index in [1.54, 1.807) is 0 Å². The monoisotopic (exact) mass is 211 g/mol. The first-order chi connectivity index (χ1) is 7.27. The summed E-state index contributed by atoms with van der Waals surface area (Å²) in [6, 6.07) is 0.336. The Bertz CT molecular complexity index is 273. The summed E-state index contributed by atoms with van der Waals surface area (Å²) in [5, 5.41) is 12.4. The van der Waals surface area contributed by atoms with Crippen molar-refractivity contribution >= 4 is 0 Å². The molecule has 0 saturated heterocycles. The van der Waals surface area contributed by atoms with Gasteiger partial charge in [0.25, 0.3) is 0 Å². The zero-order chi connectivity index (χ0) is 11.1. The number of imidazole rings is 1. The summed E-state index contributed by atoms with van der Waals surface area (Å²) < 4.78 is 2.11. The number of aromatic nitrogens is 2. The molecule has 0 bridgehead atoms. The fourth-order valence-corrected chi connectivity index (χ4v) is 1.60. The van der Waals surface area contributed by atoms with Gasteiger partial charge >= 0.3 is 0 Å². The van der Waals surface area contributed by atoms with Gasteiger partial charge in [0.15, 0.2) is 0 Å². The van der Waals surface area contributed by atoms with Gasteiger partial charge in [-0.2, -0.15) is 0 Å². The Hall–Kier alpha value is -0.870. The molecule has 0 aromatic carbocycles. The molecule has 0 aliphatic heterocycles. The van der Waals surface area contributed by atoms with Crippen molar-refractivity contribution in [3.63, 3.8) is 0 Å². The lowest BCUT2D eigenvalue weighted by molar-refractivity contribution is 0.256. The van der Waals surface area contributed by atoms with Gasteiger partial charge < -0.3 is 15.0 Å². The highest BCUT2D eigenvalue weighted by molar-refractivity contribution is 4.89. The molecule has 0 spiro atoms. The highest BCUT2D eigenvalue weighted by atomic mass is 16.3. The maximum atomic E-state index is 8.97. The molecule has 86 valence electrons. The lowest BCUT2D eigenvalue weighted by Gasteiger charge is -2.18. The lowest BCUT2D eigenvalue weighted by Crippen LogP contribution is -2.34. The number of rotatable bonds is 7. The van der Waals surface area contributed by atoms with Crippen LogP contribution in [0, 0.1) is 6.92 Å². The Morgan fingerprint density at radius 2 is 2.40 bits per heavy atom. The van der Waals surface area contributed by atoms with Gasteiger partial charge in [0, 0.05) is 31.6 Å². The number of aryl methyl sites for hydroxylation is 1. The zero-order valence-electron chi connectivity index (χ0n) is 9.61. The van der Waals surface area contributed by atoms with Crippen molar-refractivity contribution in [3.8, 4) is 0 Å². The summed E-state index contributed by atoms with van der Waals surface area (Å²) in [7, 11) is 0. The first-order valence-electron chi connectivity index (χ1n) is 5.60. The van der Waals surface area contributed by atoms with Crippen LogP contribution in [0.4, 0.5) is 0 Å². The number of hydrogen-bond donors (Lipinski definition) is 2. The van der Waals surface area contributed by atoms with E-state index in [1.807, 2.05) is 19.3 Å². The zero-order valence-corrected chi connectivity index (χ0v) is 9.61. The molecule has 0 aliphatic rings. The molecular weight excluding hydrogens is 190 g/mol. The van der Waals surface area contributed by atoms with Gasteiger partial charge in [-0.3, -0.25) is 0 Å². The summed E-state index contributed by atoms with van der Waals surface area (Å²) in [4.78, 5) is 4.18. The van der Waals surface area contributed by atoms with Gasteiger partial charge in [-0.15, -0.1) is 0 Å². The van der Waals surface area contributed by atoms with Crippen molar-refractivity contribution in [2.24, 2.45) is 0 Å². The van der Waals surface area contributed by atoms with E-state index in [-0.39, 0.29) is 6.61 Å². The van der Waals surface area contributed by atoms with Crippen LogP contribution in [0.15, 0.2) is 12.4 Å². The van der Waals surface area contributed by atoms with Crippen molar-refractivity contribution < 1.29 is 5.11 Å².